The molecular formula is C67H82BrN9O12. The summed E-state index contributed by atoms with van der Waals surface area (Å²) in [6.07, 6.45) is 2.51. The molecule has 9 amide bonds. The Kier molecular flexibility index (Phi) is 21.1. The van der Waals surface area contributed by atoms with Crippen LogP contribution in [-0.2, 0) is 46.5 Å². The highest BCUT2D eigenvalue weighted by atomic mass is 79.9. The minimum Gasteiger partial charge on any atom is -0.496 e. The molecule has 2 aliphatic heterocycles. The molecule has 3 aliphatic rings. The zero-order valence-electron chi connectivity index (χ0n) is 52.5. The molecule has 8 rings (SSSR count). The summed E-state index contributed by atoms with van der Waals surface area (Å²) in [6, 6.07) is 25.3. The van der Waals surface area contributed by atoms with E-state index in [-0.39, 0.29) is 49.6 Å². The zero-order valence-corrected chi connectivity index (χ0v) is 54.1. The zero-order chi connectivity index (χ0) is 64.6. The SMILES string of the molecule is COc1ccc2cc(Br)ccc2c1CN1C(=O)[C@@H](NC(=O)[C@H](C)N(C)C(=O)OC(C)(C)C)CN(C(=O)c2ccc(C(=O)N[C@H]3C[C@@H](C(=O)NCc4ccccc4)N(C(=O)[C@@H](NC(=O)[C@H](C)N(C)C(=O)OC(C)(C)C)C4CCCCC4)C3)cc2)c2ccccc21. The Hall–Kier alpha value is -8.53. The number of hydrogen-bond donors (Lipinski definition) is 4. The van der Waals surface area contributed by atoms with Gasteiger partial charge in [-0.1, -0.05) is 89.8 Å². The topological polar surface area (TPSA) is 246 Å². The number of carbonyl (C=O) groups is 9. The quantitative estimate of drug-likeness (QED) is 0.0682. The number of nitrogens with zero attached hydrogens (tertiary/aromatic N) is 5. The minimum absolute atomic E-state index is 0.0400. The predicted molar refractivity (Wildman–Crippen MR) is 341 cm³/mol. The smallest absolute Gasteiger partial charge is 0.410 e. The first-order valence-electron chi connectivity index (χ1n) is 30.2. The third kappa shape index (κ3) is 16.2. The van der Waals surface area contributed by atoms with Crippen molar-refractivity contribution in [3.63, 3.8) is 0 Å². The molecule has 0 bridgehead atoms. The number of halogens is 1. The lowest BCUT2D eigenvalue weighted by Gasteiger charge is -2.36. The lowest BCUT2D eigenvalue weighted by Crippen LogP contribution is -2.59. The Balaban J connectivity index is 1.06. The maximum absolute atomic E-state index is 15.3. The lowest BCUT2D eigenvalue weighted by atomic mass is 9.83. The normalized spacial score (nSPS) is 18.1. The van der Waals surface area contributed by atoms with Crippen molar-refractivity contribution in [3.8, 4) is 5.75 Å². The molecule has 5 aromatic rings. The van der Waals surface area contributed by atoms with E-state index in [1.807, 2.05) is 60.7 Å². The largest absolute Gasteiger partial charge is 0.496 e. The second-order valence-corrected chi connectivity index (χ2v) is 26.0. The summed E-state index contributed by atoms with van der Waals surface area (Å²) < 4.78 is 17.8. The summed E-state index contributed by atoms with van der Waals surface area (Å²) in [4.78, 5) is 135. The monoisotopic (exact) mass is 1280 g/mol. The van der Waals surface area contributed by atoms with Crippen LogP contribution in [0.15, 0.2) is 114 Å². The number of benzene rings is 5. The first-order chi connectivity index (χ1) is 42.1. The fourth-order valence-electron chi connectivity index (χ4n) is 11.4. The number of rotatable bonds is 17. The molecule has 2 heterocycles. The third-order valence-electron chi connectivity index (χ3n) is 16.4. The maximum Gasteiger partial charge on any atom is 0.410 e. The van der Waals surface area contributed by atoms with Gasteiger partial charge in [-0.05, 0) is 152 Å². The van der Waals surface area contributed by atoms with Gasteiger partial charge < -0.3 is 50.2 Å². The van der Waals surface area contributed by atoms with E-state index >= 15 is 14.4 Å². The number of anilines is 2. The van der Waals surface area contributed by atoms with Crippen LogP contribution in [0.4, 0.5) is 21.0 Å². The molecule has 2 fully saturated rings. The van der Waals surface area contributed by atoms with Crippen molar-refractivity contribution in [1.29, 1.82) is 0 Å². The first kappa shape index (κ1) is 66.4. The van der Waals surface area contributed by atoms with Crippen molar-refractivity contribution in [2.45, 2.75) is 154 Å². The number of likely N-dealkylation sites (tertiary alicyclic amines) is 1. The number of para-hydroxylation sites is 2. The van der Waals surface area contributed by atoms with Gasteiger partial charge in [0.15, 0.2) is 0 Å². The highest BCUT2D eigenvalue weighted by Gasteiger charge is 2.46. The molecule has 1 saturated carbocycles. The Labute approximate surface area is 528 Å². The van der Waals surface area contributed by atoms with E-state index < -0.39 is 101 Å². The fraction of sp³-hybridized carbons (Fsp3) is 0.448. The van der Waals surface area contributed by atoms with Crippen molar-refractivity contribution >= 4 is 91.6 Å². The fourth-order valence-corrected chi connectivity index (χ4v) is 11.7. The van der Waals surface area contributed by atoms with Crippen LogP contribution in [0, 0.1) is 5.92 Å². The Morgan fingerprint density at radius 2 is 1.29 bits per heavy atom. The molecule has 1 saturated heterocycles. The average molecular weight is 1290 g/mol. The molecular weight excluding hydrogens is 1200 g/mol. The van der Waals surface area contributed by atoms with Gasteiger partial charge in [0, 0.05) is 54.4 Å². The van der Waals surface area contributed by atoms with Crippen molar-refractivity contribution < 1.29 is 57.4 Å². The van der Waals surface area contributed by atoms with E-state index in [9.17, 15) is 28.8 Å². The van der Waals surface area contributed by atoms with E-state index in [1.165, 1.54) is 72.0 Å². The third-order valence-corrected chi connectivity index (χ3v) is 16.9. The molecule has 22 heteroatoms. The average Bonchev–Trinajstić information content (AvgIpc) is 2.56. The van der Waals surface area contributed by atoms with Gasteiger partial charge in [0.05, 0.1) is 31.6 Å². The number of fused-ring (bicyclic) bond motifs is 2. The van der Waals surface area contributed by atoms with Crippen LogP contribution in [0.25, 0.3) is 10.8 Å². The molecule has 474 valence electrons. The summed E-state index contributed by atoms with van der Waals surface area (Å²) in [6.45, 7) is 13.1. The second-order valence-electron chi connectivity index (χ2n) is 25.1. The van der Waals surface area contributed by atoms with E-state index in [1.54, 1.807) is 72.7 Å². The van der Waals surface area contributed by atoms with Crippen LogP contribution in [-0.4, -0.2) is 150 Å². The maximum atomic E-state index is 15.3. The number of hydrogen-bond acceptors (Lipinski definition) is 12. The van der Waals surface area contributed by atoms with E-state index in [4.69, 9.17) is 14.2 Å². The van der Waals surface area contributed by atoms with Crippen LogP contribution in [0.5, 0.6) is 5.75 Å². The standard InChI is InChI=1S/C67H82BrN9O12/c1-40(73(9)64(85)88-66(3,4)5)57(78)71-51-39-77(53-25-19-18-24-52(53)76(62(51)83)38-50-49-32-31-47(68)34-46(49)30-33-55(50)87-11)61(82)45-28-26-44(27-29-45)59(80)70-48-35-54(60(81)69-36-42-20-14-12-15-21-42)75(37-48)63(84)56(43-22-16-13-17-23-43)72-58(79)41(2)74(10)65(86)89-67(6,7)8/h12,14-15,18-21,24-34,40-41,43,48,51,54,56H,13,16-17,22-23,35-39H2,1-11H3,(H,69,81)(H,70,80)(H,71,78)(H,72,79)/t40-,41-,48-,51-,54-,56-/m0/s1. The molecule has 5 aromatic carbocycles. The van der Waals surface area contributed by atoms with Gasteiger partial charge in [-0.15, -0.1) is 0 Å². The van der Waals surface area contributed by atoms with Crippen LogP contribution < -0.4 is 35.8 Å². The van der Waals surface area contributed by atoms with Gasteiger partial charge in [0.2, 0.25) is 23.6 Å². The molecule has 0 spiro atoms. The molecule has 89 heavy (non-hydrogen) atoms. The van der Waals surface area contributed by atoms with Crippen molar-refractivity contribution in [2.24, 2.45) is 5.92 Å². The Morgan fingerprint density at radius 3 is 1.91 bits per heavy atom. The van der Waals surface area contributed by atoms with Crippen molar-refractivity contribution in [1.82, 2.24) is 36.0 Å². The Bertz CT molecular complexity index is 3460. The van der Waals surface area contributed by atoms with E-state index in [0.29, 0.717) is 35.5 Å². The molecule has 0 radical (unpaired) electrons. The number of carbonyl (C=O) groups excluding carboxylic acids is 9. The molecule has 21 nitrogen and oxygen atoms in total. The van der Waals surface area contributed by atoms with Gasteiger partial charge in [-0.2, -0.15) is 0 Å². The van der Waals surface area contributed by atoms with E-state index in [2.05, 4.69) is 37.2 Å². The molecule has 4 N–H and O–H groups in total. The minimum atomic E-state index is -1.36. The number of likely N-dealkylation sites (N-methyl/N-ethyl adjacent to an activating group) is 2. The summed E-state index contributed by atoms with van der Waals surface area (Å²) in [5.74, 6) is -3.60. The van der Waals surface area contributed by atoms with Crippen LogP contribution in [0.3, 0.4) is 0 Å². The summed E-state index contributed by atoms with van der Waals surface area (Å²) in [5.41, 5.74) is 0.834. The highest BCUT2D eigenvalue weighted by molar-refractivity contribution is 9.10. The Morgan fingerprint density at radius 1 is 0.697 bits per heavy atom. The molecule has 0 aromatic heterocycles. The first-order valence-corrected chi connectivity index (χ1v) is 30.9. The summed E-state index contributed by atoms with van der Waals surface area (Å²) >= 11 is 3.56. The van der Waals surface area contributed by atoms with Crippen LogP contribution >= 0.6 is 15.9 Å². The number of ether oxygens (including phenoxy) is 3. The highest BCUT2D eigenvalue weighted by Crippen LogP contribution is 2.39. The van der Waals surface area contributed by atoms with Crippen LogP contribution in [0.1, 0.15) is 126 Å². The lowest BCUT2D eigenvalue weighted by molar-refractivity contribution is -0.143. The van der Waals surface area contributed by atoms with Crippen molar-refractivity contribution in [3.05, 3.63) is 136 Å². The van der Waals surface area contributed by atoms with E-state index in [0.717, 1.165) is 45.0 Å². The van der Waals surface area contributed by atoms with Gasteiger partial charge in [-0.3, -0.25) is 43.4 Å². The van der Waals surface area contributed by atoms with Gasteiger partial charge in [-0.25, -0.2) is 9.59 Å². The van der Waals surface area contributed by atoms with Gasteiger partial charge >= 0.3 is 12.2 Å². The second kappa shape index (κ2) is 28.3. The molecule has 6 atom stereocenters. The van der Waals surface area contributed by atoms with Gasteiger partial charge in [0.1, 0.15) is 47.2 Å². The summed E-state index contributed by atoms with van der Waals surface area (Å²) in [7, 11) is 4.41. The number of nitrogens with one attached hydrogen (secondary N) is 4. The molecule has 0 unspecified atom stereocenters. The summed E-state index contributed by atoms with van der Waals surface area (Å²) in [5, 5.41) is 13.5. The number of methoxy groups -OCH3 is 1. The molecule has 1 aliphatic carbocycles. The van der Waals surface area contributed by atoms with Gasteiger partial charge in [0.25, 0.3) is 17.7 Å². The predicted octanol–water partition coefficient (Wildman–Crippen LogP) is 8.88. The number of amides is 9. The van der Waals surface area contributed by atoms with Crippen LogP contribution in [0.2, 0.25) is 0 Å². The van der Waals surface area contributed by atoms with Crippen molar-refractivity contribution in [2.75, 3.05) is 44.1 Å².